The lowest BCUT2D eigenvalue weighted by Crippen LogP contribution is -1.97. The van der Waals surface area contributed by atoms with E-state index >= 15 is 0 Å². The van der Waals surface area contributed by atoms with Gasteiger partial charge in [-0.3, -0.25) is 9.59 Å². The van der Waals surface area contributed by atoms with Gasteiger partial charge in [-0.2, -0.15) is 0 Å². The predicted molar refractivity (Wildman–Crippen MR) is 39.6 cm³/mol. The van der Waals surface area contributed by atoms with Gasteiger partial charge in [0.2, 0.25) is 0 Å². The van der Waals surface area contributed by atoms with Crippen molar-refractivity contribution in [3.63, 3.8) is 0 Å². The van der Waals surface area contributed by atoms with Crippen molar-refractivity contribution in [2.75, 3.05) is 0 Å². The molecule has 0 bridgehead atoms. The Kier molecular flexibility index (Phi) is 4.12. The summed E-state index contributed by atoms with van der Waals surface area (Å²) in [5.41, 5.74) is 0. The fraction of sp³-hybridized carbons (Fsp3) is 0.250. The minimum absolute atomic E-state index is 0.102. The van der Waals surface area contributed by atoms with Crippen molar-refractivity contribution in [1.82, 2.24) is 0 Å². The summed E-state index contributed by atoms with van der Waals surface area (Å²) >= 11 is 0. The van der Waals surface area contributed by atoms with Crippen LogP contribution in [0.1, 0.15) is 12.8 Å². The summed E-state index contributed by atoms with van der Waals surface area (Å²) in [5.74, 6) is -0.203. The summed E-state index contributed by atoms with van der Waals surface area (Å²) < 4.78 is 0. The monoisotopic (exact) mass is 138 g/mol. The molecule has 0 amide bonds. The molecule has 0 N–H and O–H groups in total. The molecule has 0 saturated carbocycles. The van der Waals surface area contributed by atoms with Gasteiger partial charge >= 0.3 is 0 Å². The first kappa shape index (κ1) is 8.82. The highest BCUT2D eigenvalue weighted by atomic mass is 16.1. The van der Waals surface area contributed by atoms with E-state index in [2.05, 4.69) is 13.2 Å². The molecule has 0 rings (SSSR count). The first-order valence-corrected chi connectivity index (χ1v) is 3.01. The van der Waals surface area contributed by atoms with Gasteiger partial charge in [-0.05, 0) is 12.2 Å². The average Bonchev–Trinajstić information content (AvgIpc) is 1.99. The third-order valence-electron chi connectivity index (χ3n) is 1.07. The molecular weight excluding hydrogens is 128 g/mol. The molecule has 0 aromatic rings. The quantitative estimate of drug-likeness (QED) is 0.536. The van der Waals surface area contributed by atoms with E-state index in [-0.39, 0.29) is 24.4 Å². The van der Waals surface area contributed by atoms with Crippen LogP contribution in [0.15, 0.2) is 25.3 Å². The molecule has 0 heterocycles. The van der Waals surface area contributed by atoms with Gasteiger partial charge in [0.15, 0.2) is 11.6 Å². The molecule has 0 aliphatic heterocycles. The molecule has 0 radical (unpaired) electrons. The van der Waals surface area contributed by atoms with Crippen LogP contribution in [0.25, 0.3) is 0 Å². The molecular formula is C8H10O2. The van der Waals surface area contributed by atoms with Crippen LogP contribution in [0, 0.1) is 0 Å². The van der Waals surface area contributed by atoms with E-state index in [1.165, 1.54) is 12.2 Å². The summed E-state index contributed by atoms with van der Waals surface area (Å²) in [5, 5.41) is 0. The second-order valence-corrected chi connectivity index (χ2v) is 1.84. The summed E-state index contributed by atoms with van der Waals surface area (Å²) in [7, 11) is 0. The molecule has 0 fully saturated rings. The Balaban J connectivity index is 3.54. The van der Waals surface area contributed by atoms with Gasteiger partial charge in [-0.25, -0.2) is 0 Å². The molecule has 0 unspecified atom stereocenters. The molecule has 0 aromatic carbocycles. The van der Waals surface area contributed by atoms with Gasteiger partial charge in [-0.15, -0.1) is 0 Å². The first-order chi connectivity index (χ1) is 4.70. The SMILES string of the molecule is C=CC(=O)CCC(=O)C=C. The van der Waals surface area contributed by atoms with Gasteiger partial charge in [0.25, 0.3) is 0 Å². The Bertz CT molecular complexity index is 148. The number of ketones is 2. The molecule has 0 spiro atoms. The minimum atomic E-state index is -0.102. The molecule has 54 valence electrons. The Hall–Kier alpha value is -1.18. The molecule has 0 saturated heterocycles. The van der Waals surface area contributed by atoms with E-state index in [4.69, 9.17) is 0 Å². The normalized spacial score (nSPS) is 8.40. The maximum atomic E-state index is 10.5. The van der Waals surface area contributed by atoms with Crippen molar-refractivity contribution < 1.29 is 9.59 Å². The fourth-order valence-electron chi connectivity index (χ4n) is 0.451. The maximum absolute atomic E-state index is 10.5. The zero-order valence-corrected chi connectivity index (χ0v) is 5.80. The number of allylic oxidation sites excluding steroid dienone is 2. The van der Waals surface area contributed by atoms with Crippen molar-refractivity contribution in [1.29, 1.82) is 0 Å². The largest absolute Gasteiger partial charge is 0.295 e. The summed E-state index contributed by atoms with van der Waals surface area (Å²) in [6, 6.07) is 0. The van der Waals surface area contributed by atoms with Gasteiger partial charge in [0, 0.05) is 12.8 Å². The molecule has 2 heteroatoms. The van der Waals surface area contributed by atoms with Crippen LogP contribution in [0.5, 0.6) is 0 Å². The zero-order chi connectivity index (χ0) is 7.98. The lowest BCUT2D eigenvalue weighted by molar-refractivity contribution is -0.119. The van der Waals surface area contributed by atoms with E-state index in [1.807, 2.05) is 0 Å². The average molecular weight is 138 g/mol. The van der Waals surface area contributed by atoms with Crippen molar-refractivity contribution in [2.45, 2.75) is 12.8 Å². The van der Waals surface area contributed by atoms with Gasteiger partial charge in [0.05, 0.1) is 0 Å². The number of rotatable bonds is 5. The Morgan fingerprint density at radius 1 is 1.00 bits per heavy atom. The zero-order valence-electron chi connectivity index (χ0n) is 5.80. The summed E-state index contributed by atoms with van der Waals surface area (Å²) in [6.45, 7) is 6.56. The van der Waals surface area contributed by atoms with Gasteiger partial charge in [-0.1, -0.05) is 13.2 Å². The van der Waals surface area contributed by atoms with Crippen LogP contribution >= 0.6 is 0 Å². The topological polar surface area (TPSA) is 34.1 Å². The number of hydrogen-bond acceptors (Lipinski definition) is 2. The Morgan fingerprint density at radius 2 is 1.30 bits per heavy atom. The lowest BCUT2D eigenvalue weighted by Gasteiger charge is -1.89. The standard InChI is InChI=1S/C8H10O2/c1-3-7(9)5-6-8(10)4-2/h3-4H,1-2,5-6H2. The number of hydrogen-bond donors (Lipinski definition) is 0. The fourth-order valence-corrected chi connectivity index (χ4v) is 0.451. The van der Waals surface area contributed by atoms with E-state index in [9.17, 15) is 9.59 Å². The smallest absolute Gasteiger partial charge is 0.155 e. The highest BCUT2D eigenvalue weighted by Crippen LogP contribution is 1.93. The van der Waals surface area contributed by atoms with Crippen molar-refractivity contribution in [3.05, 3.63) is 25.3 Å². The first-order valence-electron chi connectivity index (χ1n) is 3.01. The lowest BCUT2D eigenvalue weighted by atomic mass is 10.1. The second kappa shape index (κ2) is 4.68. The third-order valence-corrected chi connectivity index (χ3v) is 1.07. The van der Waals surface area contributed by atoms with E-state index < -0.39 is 0 Å². The van der Waals surface area contributed by atoms with Crippen LogP contribution < -0.4 is 0 Å². The number of carbonyl (C=O) groups excluding carboxylic acids is 2. The molecule has 0 aromatic heterocycles. The van der Waals surface area contributed by atoms with Crippen LogP contribution in [0.2, 0.25) is 0 Å². The van der Waals surface area contributed by atoms with Crippen LogP contribution in [-0.4, -0.2) is 11.6 Å². The maximum Gasteiger partial charge on any atom is 0.155 e. The van der Waals surface area contributed by atoms with Crippen LogP contribution in [0.4, 0.5) is 0 Å². The summed E-state index contributed by atoms with van der Waals surface area (Å²) in [6.07, 6.45) is 2.93. The van der Waals surface area contributed by atoms with Gasteiger partial charge < -0.3 is 0 Å². The van der Waals surface area contributed by atoms with E-state index in [0.29, 0.717) is 0 Å². The van der Waals surface area contributed by atoms with E-state index in [0.717, 1.165) is 0 Å². The van der Waals surface area contributed by atoms with Crippen LogP contribution in [0.3, 0.4) is 0 Å². The van der Waals surface area contributed by atoms with Crippen LogP contribution in [-0.2, 0) is 9.59 Å². The highest BCUT2D eigenvalue weighted by molar-refractivity contribution is 5.95. The molecule has 0 aliphatic rings. The van der Waals surface area contributed by atoms with E-state index in [1.54, 1.807) is 0 Å². The predicted octanol–water partition coefficient (Wildman–Crippen LogP) is 1.28. The molecule has 0 aliphatic carbocycles. The second-order valence-electron chi connectivity index (χ2n) is 1.84. The molecule has 0 atom stereocenters. The third kappa shape index (κ3) is 3.78. The number of carbonyl (C=O) groups is 2. The highest BCUT2D eigenvalue weighted by Gasteiger charge is 1.98. The molecule has 10 heavy (non-hydrogen) atoms. The Morgan fingerprint density at radius 3 is 1.50 bits per heavy atom. The van der Waals surface area contributed by atoms with Crippen molar-refractivity contribution in [2.24, 2.45) is 0 Å². The molecule has 2 nitrogen and oxygen atoms in total. The van der Waals surface area contributed by atoms with Crippen molar-refractivity contribution >= 4 is 11.6 Å². The Labute approximate surface area is 60.2 Å². The summed E-state index contributed by atoms with van der Waals surface area (Å²) in [4.78, 5) is 21.1. The minimum Gasteiger partial charge on any atom is -0.295 e. The van der Waals surface area contributed by atoms with Crippen molar-refractivity contribution in [3.8, 4) is 0 Å². The van der Waals surface area contributed by atoms with Gasteiger partial charge in [0.1, 0.15) is 0 Å².